The first-order valence-electron chi connectivity index (χ1n) is 6.39. The molecule has 0 aliphatic carbocycles. The van der Waals surface area contributed by atoms with Gasteiger partial charge < -0.3 is 8.23 Å². The molecule has 0 spiro atoms. The summed E-state index contributed by atoms with van der Waals surface area (Å²) in [6.45, 7) is 8.97. The van der Waals surface area contributed by atoms with Crippen molar-refractivity contribution in [2.45, 2.75) is 51.1 Å². The van der Waals surface area contributed by atoms with Crippen LogP contribution < -0.4 is 0 Å². The molecule has 0 heterocycles. The molecule has 17 heavy (non-hydrogen) atoms. The largest absolute Gasteiger partial charge is 0.442 e. The Morgan fingerprint density at radius 3 is 2.12 bits per heavy atom. The van der Waals surface area contributed by atoms with E-state index in [0.29, 0.717) is 0 Å². The molecule has 0 fully saturated rings. The minimum absolute atomic E-state index is 0.397. The number of thiol groups is 2. The van der Waals surface area contributed by atoms with Gasteiger partial charge in [-0.15, -0.1) is 0 Å². The first kappa shape index (κ1) is 18.3. The van der Waals surface area contributed by atoms with E-state index < -0.39 is 26.6 Å². The van der Waals surface area contributed by atoms with E-state index in [4.69, 9.17) is 8.23 Å². The minimum atomic E-state index is -1.87. The first-order chi connectivity index (χ1) is 7.83. The van der Waals surface area contributed by atoms with Crippen molar-refractivity contribution in [3.63, 3.8) is 0 Å². The normalized spacial score (nSPS) is 13.8. The van der Waals surface area contributed by atoms with Crippen molar-refractivity contribution < 1.29 is 8.23 Å². The summed E-state index contributed by atoms with van der Waals surface area (Å²) in [5.74, 6) is 1.93. The molecule has 7 heteroatoms. The lowest BCUT2D eigenvalue weighted by Gasteiger charge is -2.33. The molecule has 0 aromatic rings. The molecule has 0 aliphatic heterocycles. The van der Waals surface area contributed by atoms with Crippen molar-refractivity contribution in [1.29, 1.82) is 0 Å². The molecule has 0 aromatic carbocycles. The summed E-state index contributed by atoms with van der Waals surface area (Å²) in [5.41, 5.74) is 0. The van der Waals surface area contributed by atoms with Crippen molar-refractivity contribution in [2.24, 2.45) is 0 Å². The van der Waals surface area contributed by atoms with E-state index in [1.807, 2.05) is 0 Å². The predicted molar refractivity (Wildman–Crippen MR) is 92.2 cm³/mol. The average molecular weight is 329 g/mol. The van der Waals surface area contributed by atoms with Gasteiger partial charge >= 0.3 is 8.56 Å². The second-order valence-corrected chi connectivity index (χ2v) is 16.2. The van der Waals surface area contributed by atoms with Crippen LogP contribution in [0.25, 0.3) is 0 Å². The van der Waals surface area contributed by atoms with Crippen LogP contribution in [0, 0.1) is 0 Å². The van der Waals surface area contributed by atoms with Crippen molar-refractivity contribution in [3.8, 4) is 0 Å². The highest BCUT2D eigenvalue weighted by molar-refractivity contribution is 7.80. The van der Waals surface area contributed by atoms with E-state index in [1.54, 1.807) is 0 Å². The molecular weight excluding hydrogens is 300 g/mol. The van der Waals surface area contributed by atoms with Gasteiger partial charge in [-0.1, -0.05) is 0 Å². The number of hydrogen-bond donors (Lipinski definition) is 2. The van der Waals surface area contributed by atoms with Crippen LogP contribution in [0.2, 0.25) is 38.3 Å². The van der Waals surface area contributed by atoms with Gasteiger partial charge in [0.2, 0.25) is 0 Å². The van der Waals surface area contributed by atoms with Gasteiger partial charge in [0.25, 0.3) is 0 Å². The van der Waals surface area contributed by atoms with E-state index in [1.165, 1.54) is 18.5 Å². The molecule has 0 aliphatic rings. The first-order valence-corrected chi connectivity index (χ1v) is 15.2. The summed E-state index contributed by atoms with van der Waals surface area (Å²) < 4.78 is 12.4. The Bertz CT molecular complexity index is 204. The molecule has 0 aromatic heterocycles. The molecule has 104 valence electrons. The maximum atomic E-state index is 6.34. The van der Waals surface area contributed by atoms with Crippen molar-refractivity contribution in [3.05, 3.63) is 0 Å². The van der Waals surface area contributed by atoms with E-state index in [0.717, 1.165) is 17.9 Å². The van der Waals surface area contributed by atoms with Crippen molar-refractivity contribution in [1.82, 2.24) is 0 Å². The van der Waals surface area contributed by atoms with Crippen LogP contribution in [0.1, 0.15) is 12.8 Å². The Labute approximate surface area is 122 Å². The molecule has 0 rings (SSSR count). The Morgan fingerprint density at radius 2 is 1.59 bits per heavy atom. The molecule has 0 bridgehead atoms. The van der Waals surface area contributed by atoms with Crippen molar-refractivity contribution in [2.75, 3.05) is 11.5 Å². The van der Waals surface area contributed by atoms with E-state index >= 15 is 0 Å². The fourth-order valence-electron chi connectivity index (χ4n) is 1.78. The Kier molecular flexibility index (Phi) is 9.91. The van der Waals surface area contributed by atoms with Gasteiger partial charge in [-0.3, -0.25) is 0 Å². The van der Waals surface area contributed by atoms with Crippen molar-refractivity contribution >= 4 is 51.9 Å². The summed E-state index contributed by atoms with van der Waals surface area (Å²) in [6, 6.07) is 2.41. The molecule has 0 radical (unpaired) electrons. The summed E-state index contributed by atoms with van der Waals surface area (Å²) in [4.78, 5) is 0. The van der Waals surface area contributed by atoms with Gasteiger partial charge in [0.1, 0.15) is 9.76 Å². The van der Waals surface area contributed by atoms with Crippen LogP contribution >= 0.6 is 25.3 Å². The lowest BCUT2D eigenvalue weighted by atomic mass is 10.6. The Hall–Kier alpha value is 1.27. The standard InChI is InChI=1S/C10H28O2S2Si3/c1-16(2,10-6-8-14)12-17(3,4)11-15-9-5-7-13/h13-14H,5-10,15H2,1-4H3. The molecule has 0 amide bonds. The summed E-state index contributed by atoms with van der Waals surface area (Å²) in [6.07, 6.45) is 2.34. The quantitative estimate of drug-likeness (QED) is 0.365. The Morgan fingerprint density at radius 1 is 1.00 bits per heavy atom. The summed E-state index contributed by atoms with van der Waals surface area (Å²) in [5, 5.41) is 0. The minimum Gasteiger partial charge on any atom is -0.442 e. The van der Waals surface area contributed by atoms with Gasteiger partial charge in [0.05, 0.1) is 0 Å². The fraction of sp³-hybridized carbons (Fsp3) is 1.00. The zero-order valence-electron chi connectivity index (χ0n) is 11.7. The highest BCUT2D eigenvalue weighted by atomic mass is 32.1. The molecular formula is C10H28O2S2Si3. The van der Waals surface area contributed by atoms with Crippen LogP contribution in [0.5, 0.6) is 0 Å². The highest BCUT2D eigenvalue weighted by Gasteiger charge is 2.33. The van der Waals surface area contributed by atoms with E-state index in [2.05, 4.69) is 51.4 Å². The second-order valence-electron chi connectivity index (χ2n) is 5.37. The fourth-order valence-corrected chi connectivity index (χ4v) is 13.4. The SMILES string of the molecule is C[Si](C)(CCCS)O[Si](C)(C)O[SiH2]CCCS. The van der Waals surface area contributed by atoms with E-state index in [9.17, 15) is 0 Å². The maximum absolute atomic E-state index is 6.34. The third-order valence-electron chi connectivity index (χ3n) is 2.46. The molecule has 0 saturated carbocycles. The van der Waals surface area contributed by atoms with Crippen LogP contribution in [0.4, 0.5) is 0 Å². The smallest absolute Gasteiger partial charge is 0.310 e. The molecule has 0 N–H and O–H groups in total. The highest BCUT2D eigenvalue weighted by Crippen LogP contribution is 2.21. The van der Waals surface area contributed by atoms with Gasteiger partial charge in [0.15, 0.2) is 8.32 Å². The molecule has 0 atom stereocenters. The van der Waals surface area contributed by atoms with Crippen LogP contribution in [0.15, 0.2) is 0 Å². The number of rotatable bonds is 10. The Balaban J connectivity index is 3.95. The summed E-state index contributed by atoms with van der Waals surface area (Å²) >= 11 is 8.49. The number of hydrogen-bond acceptors (Lipinski definition) is 4. The van der Waals surface area contributed by atoms with E-state index in [-0.39, 0.29) is 0 Å². The average Bonchev–Trinajstić information content (AvgIpc) is 2.20. The molecule has 2 nitrogen and oxygen atoms in total. The lowest BCUT2D eigenvalue weighted by molar-refractivity contribution is 0.405. The zero-order chi connectivity index (χ0) is 13.4. The monoisotopic (exact) mass is 328 g/mol. The third-order valence-corrected chi connectivity index (χ3v) is 13.2. The topological polar surface area (TPSA) is 18.5 Å². The molecule has 0 saturated heterocycles. The summed E-state index contributed by atoms with van der Waals surface area (Å²) in [7, 11) is -3.80. The van der Waals surface area contributed by atoms with Crippen LogP contribution in [-0.2, 0) is 8.23 Å². The van der Waals surface area contributed by atoms with Gasteiger partial charge in [0, 0.05) is 0 Å². The third kappa shape index (κ3) is 10.8. The second kappa shape index (κ2) is 9.22. The zero-order valence-corrected chi connectivity index (χ0v) is 16.9. The predicted octanol–water partition coefficient (Wildman–Crippen LogP) is 3.07. The maximum Gasteiger partial charge on any atom is 0.310 e. The van der Waals surface area contributed by atoms with Gasteiger partial charge in [-0.25, -0.2) is 0 Å². The van der Waals surface area contributed by atoms with Gasteiger partial charge in [-0.2, -0.15) is 25.3 Å². The van der Waals surface area contributed by atoms with Crippen LogP contribution in [0.3, 0.4) is 0 Å². The lowest BCUT2D eigenvalue weighted by Crippen LogP contribution is -2.47. The van der Waals surface area contributed by atoms with Gasteiger partial charge in [-0.05, 0) is 62.6 Å². The molecule has 0 unspecified atom stereocenters. The van der Waals surface area contributed by atoms with Crippen LogP contribution in [-0.4, -0.2) is 38.1 Å².